The van der Waals surface area contributed by atoms with Crippen LogP contribution in [0.1, 0.15) is 22.3 Å². The molecule has 0 aliphatic heterocycles. The summed E-state index contributed by atoms with van der Waals surface area (Å²) in [5.41, 5.74) is 7.51. The zero-order valence-electron chi connectivity index (χ0n) is 16.8. The first-order valence-corrected chi connectivity index (χ1v) is 9.95. The molecule has 0 radical (unpaired) electrons. The van der Waals surface area contributed by atoms with Crippen LogP contribution in [0.4, 0.5) is 0 Å². The van der Waals surface area contributed by atoms with Gasteiger partial charge in [0, 0.05) is 35.4 Å². The third-order valence-electron chi connectivity index (χ3n) is 5.14. The summed E-state index contributed by atoms with van der Waals surface area (Å²) in [7, 11) is 0. The van der Waals surface area contributed by atoms with E-state index in [0.717, 1.165) is 18.7 Å². The highest BCUT2D eigenvalue weighted by Crippen LogP contribution is 2.16. The Kier molecular flexibility index (Phi) is 5.62. The summed E-state index contributed by atoms with van der Waals surface area (Å²) in [5, 5.41) is 0. The molecule has 0 atom stereocenters. The standard InChI is InChI=1S/C27H26N2/c1-3-23-7-9-24(10-8-23)20-28-15-11-26(12-16-28)27-13-17-29(18-14-27)21-25-6-4-5-22(2)19-25/h3-19H,1,20-21H2,2H3/q+2. The minimum Gasteiger partial charge on any atom is -0.201 e. The first kappa shape index (κ1) is 18.8. The lowest BCUT2D eigenvalue weighted by atomic mass is 10.1. The topological polar surface area (TPSA) is 7.76 Å². The third-order valence-corrected chi connectivity index (χ3v) is 5.14. The van der Waals surface area contributed by atoms with E-state index in [1.807, 2.05) is 6.08 Å². The fourth-order valence-corrected chi connectivity index (χ4v) is 3.50. The Hall–Kier alpha value is -3.52. The van der Waals surface area contributed by atoms with Crippen molar-refractivity contribution in [3.8, 4) is 11.1 Å². The first-order chi connectivity index (χ1) is 14.2. The largest absolute Gasteiger partial charge is 0.201 e. The zero-order valence-corrected chi connectivity index (χ0v) is 16.8. The van der Waals surface area contributed by atoms with Crippen molar-refractivity contribution in [2.24, 2.45) is 0 Å². The summed E-state index contributed by atoms with van der Waals surface area (Å²) >= 11 is 0. The summed E-state index contributed by atoms with van der Waals surface area (Å²) in [5.74, 6) is 0. The Bertz CT molecular complexity index is 1090. The maximum atomic E-state index is 3.81. The van der Waals surface area contributed by atoms with E-state index in [-0.39, 0.29) is 0 Å². The lowest BCUT2D eigenvalue weighted by molar-refractivity contribution is -0.688. The quantitative estimate of drug-likeness (QED) is 0.418. The lowest BCUT2D eigenvalue weighted by Crippen LogP contribution is -2.33. The fourth-order valence-electron chi connectivity index (χ4n) is 3.50. The lowest BCUT2D eigenvalue weighted by Gasteiger charge is -2.03. The number of aryl methyl sites for hydroxylation is 1. The highest BCUT2D eigenvalue weighted by molar-refractivity contribution is 5.61. The van der Waals surface area contributed by atoms with Gasteiger partial charge in [-0.3, -0.25) is 0 Å². The number of hydrogen-bond donors (Lipinski definition) is 0. The molecule has 4 aromatic rings. The molecule has 2 aromatic carbocycles. The van der Waals surface area contributed by atoms with Crippen LogP contribution in [0.2, 0.25) is 0 Å². The van der Waals surface area contributed by atoms with E-state index in [1.54, 1.807) is 0 Å². The smallest absolute Gasteiger partial charge is 0.173 e. The molecule has 4 rings (SSSR count). The number of hydrogen-bond acceptors (Lipinski definition) is 0. The second-order valence-corrected chi connectivity index (χ2v) is 7.45. The monoisotopic (exact) mass is 378 g/mol. The summed E-state index contributed by atoms with van der Waals surface area (Å²) in [4.78, 5) is 0. The summed E-state index contributed by atoms with van der Waals surface area (Å²) in [6.45, 7) is 7.69. The molecule has 0 saturated carbocycles. The van der Waals surface area contributed by atoms with E-state index in [9.17, 15) is 0 Å². The molecule has 0 aliphatic rings. The van der Waals surface area contributed by atoms with Gasteiger partial charge in [-0.05, 0) is 29.7 Å². The van der Waals surface area contributed by atoms with Crippen molar-refractivity contribution in [2.75, 3.05) is 0 Å². The molecule has 0 unspecified atom stereocenters. The van der Waals surface area contributed by atoms with Gasteiger partial charge in [0.15, 0.2) is 37.9 Å². The Labute approximate surface area is 173 Å². The molecule has 0 aliphatic carbocycles. The van der Waals surface area contributed by atoms with E-state index in [4.69, 9.17) is 0 Å². The van der Waals surface area contributed by atoms with E-state index in [0.29, 0.717) is 0 Å². The molecule has 0 fully saturated rings. The Morgan fingerprint density at radius 3 is 1.76 bits per heavy atom. The molecule has 0 bridgehead atoms. The Morgan fingerprint density at radius 2 is 1.24 bits per heavy atom. The number of pyridine rings is 2. The van der Waals surface area contributed by atoms with Crippen molar-refractivity contribution >= 4 is 6.08 Å². The van der Waals surface area contributed by atoms with Crippen molar-refractivity contribution in [3.63, 3.8) is 0 Å². The second-order valence-electron chi connectivity index (χ2n) is 7.45. The van der Waals surface area contributed by atoms with Crippen molar-refractivity contribution in [3.05, 3.63) is 126 Å². The fraction of sp³-hybridized carbons (Fsp3) is 0.111. The molecule has 2 nitrogen and oxygen atoms in total. The molecule has 142 valence electrons. The summed E-state index contributed by atoms with van der Waals surface area (Å²) < 4.78 is 4.42. The van der Waals surface area contributed by atoms with Crippen molar-refractivity contribution in [1.29, 1.82) is 0 Å². The second kappa shape index (κ2) is 8.66. The van der Waals surface area contributed by atoms with Gasteiger partial charge < -0.3 is 0 Å². The molecule has 0 N–H and O–H groups in total. The van der Waals surface area contributed by atoms with E-state index in [2.05, 4.69) is 120 Å². The summed E-state index contributed by atoms with van der Waals surface area (Å²) in [6, 6.07) is 25.9. The van der Waals surface area contributed by atoms with Gasteiger partial charge >= 0.3 is 0 Å². The number of nitrogens with zero attached hydrogens (tertiary/aromatic N) is 2. The van der Waals surface area contributed by atoms with E-state index >= 15 is 0 Å². The SMILES string of the molecule is C=Cc1ccc(C[n+]2ccc(-c3cc[n+](Cc4cccc(C)c4)cc3)cc2)cc1. The molecular weight excluding hydrogens is 352 g/mol. The Morgan fingerprint density at radius 1 is 0.690 bits per heavy atom. The minimum absolute atomic E-state index is 0.864. The van der Waals surface area contributed by atoms with E-state index < -0.39 is 0 Å². The van der Waals surface area contributed by atoms with Crippen LogP contribution >= 0.6 is 0 Å². The Balaban J connectivity index is 1.43. The molecule has 2 heterocycles. The average molecular weight is 379 g/mol. The highest BCUT2D eigenvalue weighted by atomic mass is 14.9. The molecule has 0 amide bonds. The van der Waals surface area contributed by atoms with Crippen LogP contribution in [0.3, 0.4) is 0 Å². The predicted octanol–water partition coefficient (Wildman–Crippen LogP) is 4.98. The molecule has 0 saturated heterocycles. The molecule has 2 aromatic heterocycles. The van der Waals surface area contributed by atoms with Gasteiger partial charge in [-0.1, -0.05) is 60.7 Å². The van der Waals surface area contributed by atoms with Crippen LogP contribution in [0.25, 0.3) is 17.2 Å². The minimum atomic E-state index is 0.864. The maximum absolute atomic E-state index is 3.81. The number of aromatic nitrogens is 2. The van der Waals surface area contributed by atoms with Crippen LogP contribution in [-0.2, 0) is 13.1 Å². The van der Waals surface area contributed by atoms with Gasteiger partial charge in [0.1, 0.15) is 0 Å². The maximum Gasteiger partial charge on any atom is 0.173 e. The first-order valence-electron chi connectivity index (χ1n) is 9.95. The number of rotatable bonds is 6. The number of benzene rings is 2. The normalized spacial score (nSPS) is 10.7. The third kappa shape index (κ3) is 4.85. The van der Waals surface area contributed by atoms with Crippen LogP contribution in [-0.4, -0.2) is 0 Å². The van der Waals surface area contributed by atoms with Crippen molar-refractivity contribution < 1.29 is 9.13 Å². The molecular formula is C27H26N2+2. The molecule has 29 heavy (non-hydrogen) atoms. The van der Waals surface area contributed by atoms with Crippen LogP contribution in [0.5, 0.6) is 0 Å². The molecule has 2 heteroatoms. The van der Waals surface area contributed by atoms with Crippen molar-refractivity contribution in [2.45, 2.75) is 20.0 Å². The van der Waals surface area contributed by atoms with E-state index in [1.165, 1.54) is 27.8 Å². The van der Waals surface area contributed by atoms with Crippen molar-refractivity contribution in [1.82, 2.24) is 0 Å². The van der Waals surface area contributed by atoms with Gasteiger partial charge in [-0.2, -0.15) is 0 Å². The van der Waals surface area contributed by atoms with Gasteiger partial charge in [-0.25, -0.2) is 9.13 Å². The van der Waals surface area contributed by atoms with Gasteiger partial charge in [0.2, 0.25) is 0 Å². The van der Waals surface area contributed by atoms with Gasteiger partial charge in [-0.15, -0.1) is 0 Å². The van der Waals surface area contributed by atoms with Gasteiger partial charge in [0.25, 0.3) is 0 Å². The summed E-state index contributed by atoms with van der Waals surface area (Å²) in [6.07, 6.45) is 10.5. The van der Waals surface area contributed by atoms with Crippen LogP contribution < -0.4 is 9.13 Å². The predicted molar refractivity (Wildman–Crippen MR) is 118 cm³/mol. The zero-order chi connectivity index (χ0) is 20.1. The average Bonchev–Trinajstić information content (AvgIpc) is 2.76. The van der Waals surface area contributed by atoms with Crippen LogP contribution in [0, 0.1) is 6.92 Å². The van der Waals surface area contributed by atoms with Gasteiger partial charge in [0.05, 0.1) is 0 Å². The van der Waals surface area contributed by atoms with Crippen LogP contribution in [0.15, 0.2) is 104 Å². The molecule has 0 spiro atoms. The highest BCUT2D eigenvalue weighted by Gasteiger charge is 2.07.